The van der Waals surface area contributed by atoms with Crippen LogP contribution in [-0.2, 0) is 4.79 Å². The molecule has 2 heterocycles. The van der Waals surface area contributed by atoms with Crippen LogP contribution in [0.2, 0.25) is 0 Å². The second-order valence-electron chi connectivity index (χ2n) is 6.37. The molecule has 2 unspecified atom stereocenters. The van der Waals surface area contributed by atoms with Crippen LogP contribution in [0.1, 0.15) is 35.8 Å². The zero-order chi connectivity index (χ0) is 17.3. The molecule has 0 saturated carbocycles. The quantitative estimate of drug-likeness (QED) is 0.929. The van der Waals surface area contributed by atoms with Gasteiger partial charge in [-0.15, -0.1) is 5.10 Å². The molecule has 2 aromatic rings. The van der Waals surface area contributed by atoms with Crippen molar-refractivity contribution >= 4 is 11.9 Å². The number of piperidine rings is 1. The van der Waals surface area contributed by atoms with E-state index in [0.717, 1.165) is 17.7 Å². The van der Waals surface area contributed by atoms with Crippen molar-refractivity contribution in [2.24, 2.45) is 5.92 Å². The lowest BCUT2D eigenvalue weighted by Crippen LogP contribution is -2.49. The molecule has 0 aliphatic carbocycles. The fourth-order valence-electron chi connectivity index (χ4n) is 3.02. The summed E-state index contributed by atoms with van der Waals surface area (Å²) in [5, 5.41) is 17.3. The molecule has 1 aromatic heterocycles. The number of rotatable bonds is 3. The van der Waals surface area contributed by atoms with Crippen LogP contribution < -0.4 is 0 Å². The first kappa shape index (κ1) is 16.2. The number of aliphatic carboxylic acids is 1. The van der Waals surface area contributed by atoms with Gasteiger partial charge in [-0.2, -0.15) is 0 Å². The molecule has 1 fully saturated rings. The monoisotopic (exact) mass is 328 g/mol. The van der Waals surface area contributed by atoms with Gasteiger partial charge in [-0.05, 0) is 43.4 Å². The summed E-state index contributed by atoms with van der Waals surface area (Å²) in [6.07, 6.45) is 2.81. The Morgan fingerprint density at radius 2 is 2.12 bits per heavy atom. The number of aryl methyl sites for hydroxylation is 1. The zero-order valence-electron chi connectivity index (χ0n) is 13.7. The highest BCUT2D eigenvalue weighted by Gasteiger charge is 2.36. The van der Waals surface area contributed by atoms with Gasteiger partial charge in [0.2, 0.25) is 0 Å². The molecule has 1 aromatic carbocycles. The number of carbonyl (C=O) groups is 2. The largest absolute Gasteiger partial charge is 0.480 e. The van der Waals surface area contributed by atoms with E-state index in [4.69, 9.17) is 0 Å². The predicted molar refractivity (Wildman–Crippen MR) is 87.0 cm³/mol. The van der Waals surface area contributed by atoms with Crippen LogP contribution in [0.25, 0.3) is 5.69 Å². The third-order valence-corrected chi connectivity index (χ3v) is 4.39. The number of aromatic nitrogens is 3. The Kier molecular flexibility index (Phi) is 4.33. The van der Waals surface area contributed by atoms with Gasteiger partial charge in [-0.1, -0.05) is 24.3 Å². The summed E-state index contributed by atoms with van der Waals surface area (Å²) in [6, 6.07) is 6.88. The van der Waals surface area contributed by atoms with Crippen molar-refractivity contribution in [1.82, 2.24) is 19.9 Å². The van der Waals surface area contributed by atoms with Gasteiger partial charge < -0.3 is 10.0 Å². The highest BCUT2D eigenvalue weighted by atomic mass is 16.4. The Morgan fingerprint density at radius 3 is 2.83 bits per heavy atom. The maximum absolute atomic E-state index is 12.7. The molecule has 1 saturated heterocycles. The fraction of sp³-hybridized carbons (Fsp3) is 0.412. The number of nitrogens with zero attached hydrogens (tertiary/aromatic N) is 4. The second kappa shape index (κ2) is 6.43. The minimum atomic E-state index is -0.971. The molecular formula is C17H20N4O3. The van der Waals surface area contributed by atoms with Crippen molar-refractivity contribution in [2.45, 2.75) is 32.7 Å². The lowest BCUT2D eigenvalue weighted by atomic mass is 9.92. The van der Waals surface area contributed by atoms with Crippen molar-refractivity contribution in [2.75, 3.05) is 6.54 Å². The van der Waals surface area contributed by atoms with Crippen LogP contribution in [0.15, 0.2) is 30.5 Å². The van der Waals surface area contributed by atoms with E-state index in [1.54, 1.807) is 6.20 Å². The molecule has 1 amide bonds. The highest BCUT2D eigenvalue weighted by molar-refractivity contribution is 5.94. The molecule has 1 aliphatic heterocycles. The van der Waals surface area contributed by atoms with Crippen molar-refractivity contribution in [3.05, 3.63) is 41.7 Å². The molecule has 0 radical (unpaired) electrons. The Balaban J connectivity index is 1.84. The molecule has 2 atom stereocenters. The average Bonchev–Trinajstić information content (AvgIpc) is 3.04. The maximum Gasteiger partial charge on any atom is 0.326 e. The summed E-state index contributed by atoms with van der Waals surface area (Å²) < 4.78 is 1.53. The van der Waals surface area contributed by atoms with Crippen LogP contribution in [-0.4, -0.2) is 49.5 Å². The molecule has 24 heavy (non-hydrogen) atoms. The standard InChI is InChI=1S/C17H20N4O3/c1-11-4-3-5-13(8-11)21-10-14(18-19-21)16(22)20-7-6-12(2)9-15(20)17(23)24/h3-5,8,10,12,15H,6-7,9H2,1-2H3,(H,23,24). The predicted octanol–water partition coefficient (Wildman–Crippen LogP) is 1.90. The molecule has 1 aliphatic rings. The van der Waals surface area contributed by atoms with E-state index in [-0.39, 0.29) is 17.5 Å². The summed E-state index contributed by atoms with van der Waals surface area (Å²) >= 11 is 0. The molecule has 126 valence electrons. The van der Waals surface area contributed by atoms with Gasteiger partial charge in [0, 0.05) is 6.54 Å². The fourth-order valence-corrected chi connectivity index (χ4v) is 3.02. The first-order valence-electron chi connectivity index (χ1n) is 7.99. The van der Waals surface area contributed by atoms with Crippen LogP contribution in [0.5, 0.6) is 0 Å². The number of hydrogen-bond acceptors (Lipinski definition) is 4. The van der Waals surface area contributed by atoms with Crippen LogP contribution in [0.4, 0.5) is 0 Å². The topological polar surface area (TPSA) is 88.3 Å². The number of carboxylic acid groups (broad SMARTS) is 1. The molecule has 3 rings (SSSR count). The number of carboxylic acids is 1. The summed E-state index contributed by atoms with van der Waals surface area (Å²) in [5.41, 5.74) is 2.05. The number of carbonyl (C=O) groups excluding carboxylic acids is 1. The van der Waals surface area contributed by atoms with E-state index in [9.17, 15) is 14.7 Å². The van der Waals surface area contributed by atoms with Crippen molar-refractivity contribution in [3.8, 4) is 5.69 Å². The number of likely N-dealkylation sites (tertiary alicyclic amines) is 1. The Morgan fingerprint density at radius 1 is 1.33 bits per heavy atom. The third-order valence-electron chi connectivity index (χ3n) is 4.39. The van der Waals surface area contributed by atoms with Gasteiger partial charge in [0.05, 0.1) is 11.9 Å². The van der Waals surface area contributed by atoms with E-state index in [1.165, 1.54) is 9.58 Å². The van der Waals surface area contributed by atoms with Crippen molar-refractivity contribution < 1.29 is 14.7 Å². The van der Waals surface area contributed by atoms with Crippen LogP contribution in [0, 0.1) is 12.8 Å². The second-order valence-corrected chi connectivity index (χ2v) is 6.37. The van der Waals surface area contributed by atoms with Gasteiger partial charge >= 0.3 is 5.97 Å². The van der Waals surface area contributed by atoms with Gasteiger partial charge in [0.15, 0.2) is 5.69 Å². The summed E-state index contributed by atoms with van der Waals surface area (Å²) in [6.45, 7) is 4.40. The van der Waals surface area contributed by atoms with Crippen LogP contribution in [0.3, 0.4) is 0 Å². The minimum Gasteiger partial charge on any atom is -0.480 e. The molecule has 7 nitrogen and oxygen atoms in total. The first-order chi connectivity index (χ1) is 11.5. The lowest BCUT2D eigenvalue weighted by molar-refractivity contribution is -0.144. The summed E-state index contributed by atoms with van der Waals surface area (Å²) in [5.74, 6) is -1.06. The van der Waals surface area contributed by atoms with E-state index in [1.807, 2.05) is 38.1 Å². The van der Waals surface area contributed by atoms with E-state index >= 15 is 0 Å². The van der Waals surface area contributed by atoms with Gasteiger partial charge in [-0.25, -0.2) is 9.48 Å². The van der Waals surface area contributed by atoms with E-state index in [2.05, 4.69) is 10.3 Å². The van der Waals surface area contributed by atoms with Gasteiger partial charge in [0.25, 0.3) is 5.91 Å². The number of benzene rings is 1. The molecular weight excluding hydrogens is 308 g/mol. The minimum absolute atomic E-state index is 0.164. The van der Waals surface area contributed by atoms with E-state index < -0.39 is 12.0 Å². The van der Waals surface area contributed by atoms with Gasteiger partial charge in [-0.3, -0.25) is 4.79 Å². The molecule has 1 N–H and O–H groups in total. The average molecular weight is 328 g/mol. The molecule has 0 spiro atoms. The van der Waals surface area contributed by atoms with Crippen LogP contribution >= 0.6 is 0 Å². The Bertz CT molecular complexity index is 771. The summed E-state index contributed by atoms with van der Waals surface area (Å²) in [7, 11) is 0. The molecule has 7 heteroatoms. The number of amides is 1. The molecule has 0 bridgehead atoms. The highest BCUT2D eigenvalue weighted by Crippen LogP contribution is 2.24. The lowest BCUT2D eigenvalue weighted by Gasteiger charge is -2.35. The Hall–Kier alpha value is -2.70. The maximum atomic E-state index is 12.7. The first-order valence-corrected chi connectivity index (χ1v) is 7.99. The number of hydrogen-bond donors (Lipinski definition) is 1. The van der Waals surface area contributed by atoms with Crippen molar-refractivity contribution in [1.29, 1.82) is 0 Å². The normalized spacial score (nSPS) is 20.8. The van der Waals surface area contributed by atoms with Crippen molar-refractivity contribution in [3.63, 3.8) is 0 Å². The SMILES string of the molecule is Cc1cccc(-n2cc(C(=O)N3CCC(C)CC3C(=O)O)nn2)c1. The Labute approximate surface area is 139 Å². The van der Waals surface area contributed by atoms with Gasteiger partial charge in [0.1, 0.15) is 6.04 Å². The third kappa shape index (κ3) is 3.15. The summed E-state index contributed by atoms with van der Waals surface area (Å²) in [4.78, 5) is 25.6. The smallest absolute Gasteiger partial charge is 0.326 e. The van der Waals surface area contributed by atoms with E-state index in [0.29, 0.717) is 13.0 Å². The zero-order valence-corrected chi connectivity index (χ0v) is 13.7.